The van der Waals surface area contributed by atoms with E-state index in [-0.39, 0.29) is 17.4 Å². The van der Waals surface area contributed by atoms with Gasteiger partial charge in [0.15, 0.2) is 0 Å². The normalized spacial score (nSPS) is 12.2. The number of nitrogens with zero attached hydrogens (tertiary/aromatic N) is 1. The van der Waals surface area contributed by atoms with E-state index < -0.39 is 6.04 Å². The molecule has 2 rings (SSSR count). The largest absolute Gasteiger partial charge is 0.497 e. The zero-order valence-corrected chi connectivity index (χ0v) is 21.1. The molecule has 0 bridgehead atoms. The van der Waals surface area contributed by atoms with Crippen LogP contribution in [0.25, 0.3) is 0 Å². The predicted molar refractivity (Wildman–Crippen MR) is 132 cm³/mol. The minimum Gasteiger partial charge on any atom is -0.497 e. The molecule has 0 aliphatic heterocycles. The second-order valence-electron chi connectivity index (χ2n) is 8.59. The molecule has 0 spiro atoms. The van der Waals surface area contributed by atoms with Crippen molar-refractivity contribution in [3.8, 4) is 5.75 Å². The minimum absolute atomic E-state index is 0.0433. The van der Waals surface area contributed by atoms with Crippen molar-refractivity contribution in [3.63, 3.8) is 0 Å². The fraction of sp³-hybridized carbons (Fsp3) is 0.440. The van der Waals surface area contributed by atoms with Crippen LogP contribution in [0.5, 0.6) is 5.75 Å². The van der Waals surface area contributed by atoms with Crippen molar-refractivity contribution < 1.29 is 14.3 Å². The summed E-state index contributed by atoms with van der Waals surface area (Å²) in [5.74, 6) is 1.20. The highest BCUT2D eigenvalue weighted by molar-refractivity contribution is 7.99. The first-order chi connectivity index (χ1) is 15.1. The molecule has 0 unspecified atom stereocenters. The molecule has 7 heteroatoms. The lowest BCUT2D eigenvalue weighted by Gasteiger charge is -2.33. The molecule has 0 saturated heterocycles. The van der Waals surface area contributed by atoms with Gasteiger partial charge in [-0.05, 0) is 69.2 Å². The van der Waals surface area contributed by atoms with Crippen molar-refractivity contribution >= 4 is 35.2 Å². The van der Waals surface area contributed by atoms with Crippen molar-refractivity contribution in [2.24, 2.45) is 0 Å². The van der Waals surface area contributed by atoms with Gasteiger partial charge >= 0.3 is 0 Å². The first-order valence-electron chi connectivity index (χ1n) is 10.8. The standard InChI is InChI=1S/C25H33ClN2O3S/c1-6-22(24(30)27-25(2,3)4)28(17-18-7-11-20(31-5)12-8-18)23(29)15-16-32-21-13-9-19(26)10-14-21/h7-14,22H,6,15-17H2,1-5H3,(H,27,30)/t22-/m1/s1. The number of benzene rings is 2. The number of nitrogens with one attached hydrogen (secondary N) is 1. The predicted octanol–water partition coefficient (Wildman–Crippen LogP) is 5.55. The van der Waals surface area contributed by atoms with E-state index in [0.717, 1.165) is 16.2 Å². The number of thioether (sulfide) groups is 1. The molecule has 0 radical (unpaired) electrons. The number of carbonyl (C=O) groups is 2. The van der Waals surface area contributed by atoms with Crippen LogP contribution in [-0.4, -0.2) is 41.2 Å². The minimum atomic E-state index is -0.538. The molecule has 0 fully saturated rings. The first kappa shape index (κ1) is 26.1. The molecule has 1 atom stereocenters. The van der Waals surface area contributed by atoms with Crippen molar-refractivity contribution in [1.82, 2.24) is 10.2 Å². The average Bonchev–Trinajstić information content (AvgIpc) is 2.74. The summed E-state index contributed by atoms with van der Waals surface area (Å²) in [6.07, 6.45) is 0.872. The van der Waals surface area contributed by atoms with Gasteiger partial charge in [-0.1, -0.05) is 30.7 Å². The van der Waals surface area contributed by atoms with Gasteiger partial charge in [0.2, 0.25) is 11.8 Å². The Morgan fingerprint density at radius 3 is 2.25 bits per heavy atom. The van der Waals surface area contributed by atoms with E-state index in [2.05, 4.69) is 5.32 Å². The van der Waals surface area contributed by atoms with E-state index in [1.54, 1.807) is 23.8 Å². The summed E-state index contributed by atoms with van der Waals surface area (Å²) in [5, 5.41) is 3.71. The smallest absolute Gasteiger partial charge is 0.243 e. The number of carbonyl (C=O) groups excluding carboxylic acids is 2. The van der Waals surface area contributed by atoms with Gasteiger partial charge in [-0.25, -0.2) is 0 Å². The molecular formula is C25H33ClN2O3S. The van der Waals surface area contributed by atoms with Gasteiger partial charge in [0.1, 0.15) is 11.8 Å². The van der Waals surface area contributed by atoms with Crippen molar-refractivity contribution in [2.45, 2.75) is 63.6 Å². The highest BCUT2D eigenvalue weighted by atomic mass is 35.5. The summed E-state index contributed by atoms with van der Waals surface area (Å²) in [7, 11) is 1.62. The Labute approximate surface area is 200 Å². The summed E-state index contributed by atoms with van der Waals surface area (Å²) in [6, 6.07) is 14.6. The number of methoxy groups -OCH3 is 1. The maximum atomic E-state index is 13.3. The van der Waals surface area contributed by atoms with Crippen LogP contribution in [0.15, 0.2) is 53.4 Å². The fourth-order valence-corrected chi connectivity index (χ4v) is 4.20. The number of amides is 2. The van der Waals surface area contributed by atoms with Crippen LogP contribution in [-0.2, 0) is 16.1 Å². The molecule has 2 aromatic carbocycles. The Kier molecular flexibility index (Phi) is 9.91. The highest BCUT2D eigenvalue weighted by Gasteiger charge is 2.30. The second kappa shape index (κ2) is 12.2. The third-order valence-electron chi connectivity index (χ3n) is 4.79. The van der Waals surface area contributed by atoms with E-state index in [0.29, 0.717) is 30.2 Å². The van der Waals surface area contributed by atoms with Crippen LogP contribution < -0.4 is 10.1 Å². The number of ether oxygens (including phenoxy) is 1. The van der Waals surface area contributed by atoms with Gasteiger partial charge in [-0.15, -0.1) is 11.8 Å². The van der Waals surface area contributed by atoms with Crippen molar-refractivity contribution in [1.29, 1.82) is 0 Å². The van der Waals surface area contributed by atoms with Crippen molar-refractivity contribution in [2.75, 3.05) is 12.9 Å². The number of halogens is 1. The van der Waals surface area contributed by atoms with E-state index in [1.165, 1.54) is 0 Å². The molecule has 2 aromatic rings. The highest BCUT2D eigenvalue weighted by Crippen LogP contribution is 2.23. The summed E-state index contributed by atoms with van der Waals surface area (Å²) in [6.45, 7) is 8.12. The molecule has 0 aliphatic carbocycles. The molecule has 5 nitrogen and oxygen atoms in total. The first-order valence-corrected chi connectivity index (χ1v) is 12.1. The van der Waals surface area contributed by atoms with Gasteiger partial charge in [-0.3, -0.25) is 9.59 Å². The zero-order chi connectivity index (χ0) is 23.7. The van der Waals surface area contributed by atoms with Gasteiger partial charge in [0.05, 0.1) is 7.11 Å². The van der Waals surface area contributed by atoms with Gasteiger partial charge < -0.3 is 15.0 Å². The van der Waals surface area contributed by atoms with Crippen LogP contribution in [0.2, 0.25) is 5.02 Å². The summed E-state index contributed by atoms with van der Waals surface area (Å²) >= 11 is 7.54. The lowest BCUT2D eigenvalue weighted by atomic mass is 10.1. The van der Waals surface area contributed by atoms with Crippen LogP contribution >= 0.6 is 23.4 Å². The van der Waals surface area contributed by atoms with Crippen molar-refractivity contribution in [3.05, 3.63) is 59.1 Å². The van der Waals surface area contributed by atoms with Crippen LogP contribution in [0.1, 0.15) is 46.1 Å². The summed E-state index contributed by atoms with van der Waals surface area (Å²) < 4.78 is 5.23. The summed E-state index contributed by atoms with van der Waals surface area (Å²) in [5.41, 5.74) is 0.579. The second-order valence-corrected chi connectivity index (χ2v) is 10.2. The number of hydrogen-bond acceptors (Lipinski definition) is 4. The summed E-state index contributed by atoms with van der Waals surface area (Å²) in [4.78, 5) is 29.0. The third kappa shape index (κ3) is 8.40. The van der Waals surface area contributed by atoms with E-state index in [9.17, 15) is 9.59 Å². The maximum Gasteiger partial charge on any atom is 0.243 e. The van der Waals surface area contributed by atoms with E-state index in [1.807, 2.05) is 76.2 Å². The van der Waals surface area contributed by atoms with Gasteiger partial charge in [0, 0.05) is 34.2 Å². The Morgan fingerprint density at radius 2 is 1.72 bits per heavy atom. The molecule has 0 aromatic heterocycles. The Balaban J connectivity index is 2.15. The molecule has 32 heavy (non-hydrogen) atoms. The molecule has 0 aliphatic rings. The Hall–Kier alpha value is -2.18. The quantitative estimate of drug-likeness (QED) is 0.456. The number of hydrogen-bond donors (Lipinski definition) is 1. The number of rotatable bonds is 10. The lowest BCUT2D eigenvalue weighted by molar-refractivity contribution is -0.141. The molecule has 1 N–H and O–H groups in total. The van der Waals surface area contributed by atoms with Gasteiger partial charge in [-0.2, -0.15) is 0 Å². The molecular weight excluding hydrogens is 444 g/mol. The molecule has 0 saturated carbocycles. The Bertz CT molecular complexity index is 880. The lowest BCUT2D eigenvalue weighted by Crippen LogP contribution is -2.53. The van der Waals surface area contributed by atoms with Crippen LogP contribution in [0, 0.1) is 0 Å². The SMILES string of the molecule is CC[C@H](C(=O)NC(C)(C)C)N(Cc1ccc(OC)cc1)C(=O)CCSc1ccc(Cl)cc1. The topological polar surface area (TPSA) is 58.6 Å². The zero-order valence-electron chi connectivity index (χ0n) is 19.5. The van der Waals surface area contributed by atoms with Crippen LogP contribution in [0.3, 0.4) is 0 Å². The Morgan fingerprint density at radius 1 is 1.09 bits per heavy atom. The monoisotopic (exact) mass is 476 g/mol. The van der Waals surface area contributed by atoms with Gasteiger partial charge in [0.25, 0.3) is 0 Å². The third-order valence-corrected chi connectivity index (χ3v) is 6.06. The molecule has 0 heterocycles. The molecule has 174 valence electrons. The maximum absolute atomic E-state index is 13.3. The van der Waals surface area contributed by atoms with Crippen LogP contribution in [0.4, 0.5) is 0 Å². The molecule has 2 amide bonds. The van der Waals surface area contributed by atoms with E-state index in [4.69, 9.17) is 16.3 Å². The average molecular weight is 477 g/mol. The van der Waals surface area contributed by atoms with E-state index >= 15 is 0 Å². The fourth-order valence-electron chi connectivity index (χ4n) is 3.23.